The highest BCUT2D eigenvalue weighted by atomic mass is 32.1. The van der Waals surface area contributed by atoms with Gasteiger partial charge in [-0.1, -0.05) is 29.6 Å². The Morgan fingerprint density at radius 3 is 2.80 bits per heavy atom. The topological polar surface area (TPSA) is 55.3 Å². The lowest BCUT2D eigenvalue weighted by molar-refractivity contribution is 0.0777. The summed E-state index contributed by atoms with van der Waals surface area (Å²) in [6, 6.07) is 9.56. The van der Waals surface area contributed by atoms with Crippen molar-refractivity contribution in [3.63, 3.8) is 0 Å². The maximum atomic E-state index is 12.2. The SMILES string of the molecule is CCc1nnsc1C(=O)N(C)CCOc1ccccc1. The minimum atomic E-state index is -0.0477. The molecule has 0 spiro atoms. The third kappa shape index (κ3) is 3.54. The highest BCUT2D eigenvalue weighted by molar-refractivity contribution is 7.07. The third-order valence-corrected chi connectivity index (χ3v) is 3.63. The summed E-state index contributed by atoms with van der Waals surface area (Å²) in [5.74, 6) is 0.760. The van der Waals surface area contributed by atoms with Gasteiger partial charge in [0.05, 0.1) is 12.2 Å². The second-order valence-electron chi connectivity index (χ2n) is 4.29. The molecule has 0 atom stereocenters. The minimum Gasteiger partial charge on any atom is -0.492 e. The minimum absolute atomic E-state index is 0.0477. The zero-order valence-corrected chi connectivity index (χ0v) is 12.4. The van der Waals surface area contributed by atoms with Gasteiger partial charge < -0.3 is 9.64 Å². The Morgan fingerprint density at radius 2 is 2.10 bits per heavy atom. The van der Waals surface area contributed by atoms with E-state index in [1.165, 1.54) is 0 Å². The molecule has 1 heterocycles. The molecule has 0 bridgehead atoms. The van der Waals surface area contributed by atoms with Crippen LogP contribution in [0.4, 0.5) is 0 Å². The zero-order chi connectivity index (χ0) is 14.4. The Bertz CT molecular complexity index is 557. The Morgan fingerprint density at radius 1 is 1.35 bits per heavy atom. The summed E-state index contributed by atoms with van der Waals surface area (Å²) in [5.41, 5.74) is 0.760. The summed E-state index contributed by atoms with van der Waals surface area (Å²) >= 11 is 1.15. The molecule has 0 aliphatic rings. The molecule has 1 amide bonds. The van der Waals surface area contributed by atoms with Crippen molar-refractivity contribution in [2.45, 2.75) is 13.3 Å². The van der Waals surface area contributed by atoms with Gasteiger partial charge in [0.1, 0.15) is 17.2 Å². The summed E-state index contributed by atoms with van der Waals surface area (Å²) < 4.78 is 9.42. The van der Waals surface area contributed by atoms with Crippen LogP contribution in [0.5, 0.6) is 5.75 Å². The number of carbonyl (C=O) groups is 1. The van der Waals surface area contributed by atoms with Crippen molar-refractivity contribution in [1.82, 2.24) is 14.5 Å². The van der Waals surface area contributed by atoms with Crippen molar-refractivity contribution in [2.75, 3.05) is 20.2 Å². The van der Waals surface area contributed by atoms with E-state index in [9.17, 15) is 4.79 Å². The number of carbonyl (C=O) groups excluding carboxylic acids is 1. The molecule has 0 aliphatic carbocycles. The van der Waals surface area contributed by atoms with Gasteiger partial charge in [-0.3, -0.25) is 4.79 Å². The van der Waals surface area contributed by atoms with E-state index in [1.54, 1.807) is 11.9 Å². The molecule has 6 heteroatoms. The molecule has 0 radical (unpaired) electrons. The molecule has 2 rings (SSSR count). The van der Waals surface area contributed by atoms with Crippen LogP contribution in [0.1, 0.15) is 22.3 Å². The first kappa shape index (κ1) is 14.5. The van der Waals surface area contributed by atoms with E-state index in [1.807, 2.05) is 37.3 Å². The lowest BCUT2D eigenvalue weighted by Gasteiger charge is -2.16. The number of amides is 1. The van der Waals surface area contributed by atoms with Crippen LogP contribution < -0.4 is 4.74 Å². The average molecular weight is 291 g/mol. The Kier molecular flexibility index (Phi) is 5.06. The van der Waals surface area contributed by atoms with Crippen molar-refractivity contribution in [2.24, 2.45) is 0 Å². The number of nitrogens with zero attached hydrogens (tertiary/aromatic N) is 3. The van der Waals surface area contributed by atoms with Gasteiger partial charge in [0.25, 0.3) is 5.91 Å². The Hall–Kier alpha value is -1.95. The highest BCUT2D eigenvalue weighted by Crippen LogP contribution is 2.14. The number of ether oxygens (including phenoxy) is 1. The van der Waals surface area contributed by atoms with Crippen molar-refractivity contribution in [3.05, 3.63) is 40.9 Å². The molecule has 20 heavy (non-hydrogen) atoms. The second kappa shape index (κ2) is 7.00. The average Bonchev–Trinajstić information content (AvgIpc) is 2.96. The normalized spacial score (nSPS) is 10.3. The molecular formula is C14H17N3O2S. The van der Waals surface area contributed by atoms with Gasteiger partial charge in [-0.15, -0.1) is 5.10 Å². The number of para-hydroxylation sites is 1. The van der Waals surface area contributed by atoms with Crippen LogP contribution in [-0.4, -0.2) is 40.6 Å². The van der Waals surface area contributed by atoms with E-state index in [4.69, 9.17) is 4.74 Å². The van der Waals surface area contributed by atoms with E-state index in [-0.39, 0.29) is 5.91 Å². The second-order valence-corrected chi connectivity index (χ2v) is 5.04. The van der Waals surface area contributed by atoms with Crippen molar-refractivity contribution >= 4 is 17.4 Å². The maximum Gasteiger partial charge on any atom is 0.267 e. The Balaban J connectivity index is 1.86. The smallest absolute Gasteiger partial charge is 0.267 e. The van der Waals surface area contributed by atoms with E-state index in [2.05, 4.69) is 9.59 Å². The number of hydrogen-bond donors (Lipinski definition) is 0. The number of aromatic nitrogens is 2. The van der Waals surface area contributed by atoms with Crippen LogP contribution in [0, 0.1) is 0 Å². The Labute approximate surface area is 122 Å². The molecule has 0 saturated carbocycles. The largest absolute Gasteiger partial charge is 0.492 e. The van der Waals surface area contributed by atoms with Crippen LogP contribution in [0.15, 0.2) is 30.3 Å². The molecule has 0 fully saturated rings. The fourth-order valence-corrected chi connectivity index (χ4v) is 2.44. The molecule has 1 aromatic carbocycles. The van der Waals surface area contributed by atoms with Gasteiger partial charge >= 0.3 is 0 Å². The summed E-state index contributed by atoms with van der Waals surface area (Å²) in [7, 11) is 1.76. The number of hydrogen-bond acceptors (Lipinski definition) is 5. The summed E-state index contributed by atoms with van der Waals surface area (Å²) in [5, 5.41) is 3.96. The summed E-state index contributed by atoms with van der Waals surface area (Å²) in [6.07, 6.45) is 0.714. The molecule has 5 nitrogen and oxygen atoms in total. The summed E-state index contributed by atoms with van der Waals surface area (Å²) in [6.45, 7) is 2.95. The number of rotatable bonds is 6. The van der Waals surface area contributed by atoms with Crippen molar-refractivity contribution in [3.8, 4) is 5.75 Å². The standard InChI is InChI=1S/C14H17N3O2S/c1-3-12-13(20-16-15-12)14(18)17(2)9-10-19-11-7-5-4-6-8-11/h4-8H,3,9-10H2,1-2H3. The highest BCUT2D eigenvalue weighted by Gasteiger charge is 2.18. The predicted molar refractivity (Wildman–Crippen MR) is 78.2 cm³/mol. The van der Waals surface area contributed by atoms with Gasteiger partial charge in [-0.25, -0.2) is 0 Å². The maximum absolute atomic E-state index is 12.2. The van der Waals surface area contributed by atoms with Gasteiger partial charge in [0, 0.05) is 7.05 Å². The van der Waals surface area contributed by atoms with Crippen LogP contribution in [0.3, 0.4) is 0 Å². The first-order valence-electron chi connectivity index (χ1n) is 6.47. The molecule has 0 aliphatic heterocycles. The lowest BCUT2D eigenvalue weighted by Crippen LogP contribution is -2.30. The molecule has 2 aromatic rings. The van der Waals surface area contributed by atoms with Crippen LogP contribution in [0.25, 0.3) is 0 Å². The molecular weight excluding hydrogens is 274 g/mol. The number of benzene rings is 1. The molecule has 0 N–H and O–H groups in total. The molecule has 1 aromatic heterocycles. The fourth-order valence-electron chi connectivity index (χ4n) is 1.69. The predicted octanol–water partition coefficient (Wildman–Crippen LogP) is 2.25. The zero-order valence-electron chi connectivity index (χ0n) is 11.6. The van der Waals surface area contributed by atoms with Crippen molar-refractivity contribution < 1.29 is 9.53 Å². The van der Waals surface area contributed by atoms with Gasteiger partial charge in [-0.2, -0.15) is 0 Å². The molecule has 0 unspecified atom stereocenters. The monoisotopic (exact) mass is 291 g/mol. The number of aryl methyl sites for hydroxylation is 1. The van der Waals surface area contributed by atoms with Crippen LogP contribution in [0.2, 0.25) is 0 Å². The quantitative estimate of drug-likeness (QED) is 0.819. The van der Waals surface area contributed by atoms with E-state index < -0.39 is 0 Å². The van der Waals surface area contributed by atoms with E-state index in [0.717, 1.165) is 23.0 Å². The van der Waals surface area contributed by atoms with Crippen molar-refractivity contribution in [1.29, 1.82) is 0 Å². The van der Waals surface area contributed by atoms with Gasteiger partial charge in [-0.05, 0) is 30.1 Å². The van der Waals surface area contributed by atoms with E-state index >= 15 is 0 Å². The molecule has 0 saturated heterocycles. The van der Waals surface area contributed by atoms with E-state index in [0.29, 0.717) is 24.4 Å². The lowest BCUT2D eigenvalue weighted by atomic mass is 10.3. The van der Waals surface area contributed by atoms with Crippen LogP contribution in [-0.2, 0) is 6.42 Å². The van der Waals surface area contributed by atoms with Crippen LogP contribution >= 0.6 is 11.5 Å². The number of likely N-dealkylation sites (N-methyl/N-ethyl adjacent to an activating group) is 1. The van der Waals surface area contributed by atoms with Gasteiger partial charge in [0.2, 0.25) is 0 Å². The fraction of sp³-hybridized carbons (Fsp3) is 0.357. The third-order valence-electron chi connectivity index (χ3n) is 2.87. The first-order valence-corrected chi connectivity index (χ1v) is 7.24. The molecule has 106 valence electrons. The first-order chi connectivity index (χ1) is 9.72. The van der Waals surface area contributed by atoms with Gasteiger partial charge in [0.15, 0.2) is 0 Å². The summed E-state index contributed by atoms with van der Waals surface area (Å²) in [4.78, 5) is 14.5.